The number of halogens is 2. The lowest BCUT2D eigenvalue weighted by Crippen LogP contribution is -2.47. The molecule has 0 saturated carbocycles. The molecule has 1 atom stereocenters. The molecule has 1 N–H and O–H groups in total. The number of likely N-dealkylation sites (tertiary alicyclic amines) is 1. The Balaban J connectivity index is 1.92. The van der Waals surface area contributed by atoms with Gasteiger partial charge in [0.25, 0.3) is 0 Å². The molecule has 1 heterocycles. The summed E-state index contributed by atoms with van der Waals surface area (Å²) in [7, 11) is 0. The van der Waals surface area contributed by atoms with Crippen LogP contribution in [0.2, 0.25) is 0 Å². The summed E-state index contributed by atoms with van der Waals surface area (Å²) < 4.78 is 26.1. The molecule has 0 bridgehead atoms. The summed E-state index contributed by atoms with van der Waals surface area (Å²) in [4.78, 5) is 2.30. The van der Waals surface area contributed by atoms with E-state index < -0.39 is 11.6 Å². The van der Waals surface area contributed by atoms with Crippen LogP contribution in [0.5, 0.6) is 0 Å². The van der Waals surface area contributed by atoms with Crippen molar-refractivity contribution in [3.63, 3.8) is 0 Å². The second kappa shape index (κ2) is 6.44. The van der Waals surface area contributed by atoms with Gasteiger partial charge in [-0.3, -0.25) is 4.90 Å². The molecule has 1 aromatic carbocycles. The summed E-state index contributed by atoms with van der Waals surface area (Å²) >= 11 is 0. The maximum atomic E-state index is 13.2. The molecule has 1 saturated heterocycles. The average Bonchev–Trinajstić information content (AvgIpc) is 2.33. The first-order chi connectivity index (χ1) is 9.04. The van der Waals surface area contributed by atoms with E-state index in [-0.39, 0.29) is 0 Å². The molecule has 1 unspecified atom stereocenters. The molecular weight excluding hydrogens is 246 g/mol. The van der Waals surface area contributed by atoms with E-state index in [0.717, 1.165) is 25.1 Å². The van der Waals surface area contributed by atoms with E-state index in [0.29, 0.717) is 18.6 Å². The first-order valence-corrected chi connectivity index (χ1v) is 6.97. The maximum absolute atomic E-state index is 13.2. The van der Waals surface area contributed by atoms with Gasteiger partial charge in [-0.15, -0.1) is 0 Å². The van der Waals surface area contributed by atoms with Crippen molar-refractivity contribution in [1.29, 1.82) is 0 Å². The minimum Gasteiger partial charge on any atom is -0.311 e. The lowest BCUT2D eigenvalue weighted by atomic mass is 10.0. The van der Waals surface area contributed by atoms with Crippen LogP contribution >= 0.6 is 0 Å². The van der Waals surface area contributed by atoms with E-state index in [4.69, 9.17) is 0 Å². The number of hydrogen-bond acceptors (Lipinski definition) is 2. The van der Waals surface area contributed by atoms with Gasteiger partial charge in [0.05, 0.1) is 0 Å². The van der Waals surface area contributed by atoms with Crippen LogP contribution < -0.4 is 5.32 Å². The van der Waals surface area contributed by atoms with E-state index in [9.17, 15) is 8.78 Å². The van der Waals surface area contributed by atoms with E-state index >= 15 is 0 Å². The molecule has 0 aromatic heterocycles. The van der Waals surface area contributed by atoms with Gasteiger partial charge in [0, 0.05) is 25.2 Å². The van der Waals surface area contributed by atoms with Crippen LogP contribution in [0.15, 0.2) is 18.2 Å². The van der Waals surface area contributed by atoms with E-state index in [1.54, 1.807) is 6.07 Å². The van der Waals surface area contributed by atoms with E-state index in [1.807, 2.05) is 0 Å². The zero-order chi connectivity index (χ0) is 13.8. The molecule has 2 rings (SSSR count). The normalized spacial score (nSPS) is 21.0. The van der Waals surface area contributed by atoms with Crippen molar-refractivity contribution in [2.45, 2.75) is 45.3 Å². The lowest BCUT2D eigenvalue weighted by Gasteiger charge is -2.34. The zero-order valence-electron chi connectivity index (χ0n) is 11.6. The summed E-state index contributed by atoms with van der Waals surface area (Å²) in [5.74, 6) is -1.53. The predicted molar refractivity (Wildman–Crippen MR) is 72.9 cm³/mol. The van der Waals surface area contributed by atoms with Crippen LogP contribution in [-0.2, 0) is 6.54 Å². The van der Waals surface area contributed by atoms with Crippen molar-refractivity contribution in [3.05, 3.63) is 35.4 Å². The fourth-order valence-electron chi connectivity index (χ4n) is 2.70. The molecule has 0 aliphatic carbocycles. The van der Waals surface area contributed by atoms with Crippen LogP contribution in [0.1, 0.15) is 32.3 Å². The molecule has 106 valence electrons. The van der Waals surface area contributed by atoms with Crippen LogP contribution in [0.25, 0.3) is 0 Å². The number of piperidine rings is 1. The first kappa shape index (κ1) is 14.4. The number of rotatable bonds is 4. The van der Waals surface area contributed by atoms with Gasteiger partial charge in [0.15, 0.2) is 11.6 Å². The minimum atomic E-state index is -0.776. The SMILES string of the molecule is CC(C)NC1CCCN(Cc2ccc(F)c(F)c2)C1. The third kappa shape index (κ3) is 4.25. The smallest absolute Gasteiger partial charge is 0.159 e. The molecule has 4 heteroatoms. The van der Waals surface area contributed by atoms with Crippen LogP contribution in [0, 0.1) is 11.6 Å². The first-order valence-electron chi connectivity index (χ1n) is 6.97. The van der Waals surface area contributed by atoms with Crippen LogP contribution in [0.4, 0.5) is 8.78 Å². The Labute approximate surface area is 113 Å². The molecule has 0 amide bonds. The van der Waals surface area contributed by atoms with Gasteiger partial charge >= 0.3 is 0 Å². The van der Waals surface area contributed by atoms with E-state index in [1.165, 1.54) is 18.6 Å². The standard InChI is InChI=1S/C15H22F2N2/c1-11(2)18-13-4-3-7-19(10-13)9-12-5-6-14(16)15(17)8-12/h5-6,8,11,13,18H,3-4,7,9-10H2,1-2H3. The van der Waals surface area contributed by atoms with Crippen LogP contribution in [0.3, 0.4) is 0 Å². The number of hydrogen-bond donors (Lipinski definition) is 1. The second-order valence-corrected chi connectivity index (χ2v) is 5.64. The van der Waals surface area contributed by atoms with Crippen molar-refractivity contribution >= 4 is 0 Å². The van der Waals surface area contributed by atoms with Crippen molar-refractivity contribution in [1.82, 2.24) is 10.2 Å². The second-order valence-electron chi connectivity index (χ2n) is 5.64. The highest BCUT2D eigenvalue weighted by molar-refractivity contribution is 5.17. The summed E-state index contributed by atoms with van der Waals surface area (Å²) in [6.07, 6.45) is 2.33. The molecule has 2 nitrogen and oxygen atoms in total. The minimum absolute atomic E-state index is 0.480. The third-order valence-electron chi connectivity index (χ3n) is 3.46. The van der Waals surface area contributed by atoms with Gasteiger partial charge in [-0.1, -0.05) is 19.9 Å². The Morgan fingerprint density at radius 3 is 2.79 bits per heavy atom. The highest BCUT2D eigenvalue weighted by Crippen LogP contribution is 2.16. The van der Waals surface area contributed by atoms with Gasteiger partial charge in [-0.05, 0) is 37.1 Å². The Bertz CT molecular complexity index is 421. The fourth-order valence-corrected chi connectivity index (χ4v) is 2.70. The summed E-state index contributed by atoms with van der Waals surface area (Å²) in [6.45, 7) is 6.97. The monoisotopic (exact) mass is 268 g/mol. The number of nitrogens with zero attached hydrogens (tertiary/aromatic N) is 1. The molecule has 1 fully saturated rings. The Morgan fingerprint density at radius 1 is 1.32 bits per heavy atom. The molecule has 0 radical (unpaired) electrons. The topological polar surface area (TPSA) is 15.3 Å². The number of benzene rings is 1. The molecular formula is C15H22F2N2. The summed E-state index contributed by atoms with van der Waals surface area (Å²) in [5.41, 5.74) is 0.837. The Kier molecular flexibility index (Phi) is 4.88. The van der Waals surface area contributed by atoms with Gasteiger partial charge < -0.3 is 5.32 Å². The third-order valence-corrected chi connectivity index (χ3v) is 3.46. The average molecular weight is 268 g/mol. The van der Waals surface area contributed by atoms with Crippen molar-refractivity contribution < 1.29 is 8.78 Å². The zero-order valence-corrected chi connectivity index (χ0v) is 11.6. The van der Waals surface area contributed by atoms with Crippen molar-refractivity contribution in [3.8, 4) is 0 Å². The van der Waals surface area contributed by atoms with Gasteiger partial charge in [-0.2, -0.15) is 0 Å². The van der Waals surface area contributed by atoms with Gasteiger partial charge in [0.1, 0.15) is 0 Å². The quantitative estimate of drug-likeness (QED) is 0.903. The predicted octanol–water partition coefficient (Wildman–Crippen LogP) is 2.93. The van der Waals surface area contributed by atoms with Crippen LogP contribution in [-0.4, -0.2) is 30.1 Å². The van der Waals surface area contributed by atoms with Crippen molar-refractivity contribution in [2.24, 2.45) is 0 Å². The molecule has 1 aliphatic heterocycles. The van der Waals surface area contributed by atoms with Crippen molar-refractivity contribution in [2.75, 3.05) is 13.1 Å². The maximum Gasteiger partial charge on any atom is 0.159 e. The Morgan fingerprint density at radius 2 is 2.11 bits per heavy atom. The van der Waals surface area contributed by atoms with Gasteiger partial charge in [0.2, 0.25) is 0 Å². The highest BCUT2D eigenvalue weighted by Gasteiger charge is 2.20. The molecule has 19 heavy (non-hydrogen) atoms. The highest BCUT2D eigenvalue weighted by atomic mass is 19.2. The summed E-state index contributed by atoms with van der Waals surface area (Å²) in [6, 6.07) is 5.15. The van der Waals surface area contributed by atoms with E-state index in [2.05, 4.69) is 24.1 Å². The number of nitrogens with one attached hydrogen (secondary N) is 1. The Hall–Kier alpha value is -1.00. The summed E-state index contributed by atoms with van der Waals surface area (Å²) in [5, 5.41) is 3.54. The lowest BCUT2D eigenvalue weighted by molar-refractivity contribution is 0.178. The molecule has 1 aliphatic rings. The fraction of sp³-hybridized carbons (Fsp3) is 0.600. The largest absolute Gasteiger partial charge is 0.311 e. The van der Waals surface area contributed by atoms with Gasteiger partial charge in [-0.25, -0.2) is 8.78 Å². The molecule has 1 aromatic rings. The molecule has 0 spiro atoms.